The van der Waals surface area contributed by atoms with E-state index in [0.717, 1.165) is 26.2 Å². The minimum Gasteiger partial charge on any atom is -0.496 e. The summed E-state index contributed by atoms with van der Waals surface area (Å²) in [4.78, 5) is 25.1. The molecule has 0 atom stereocenters. The highest BCUT2D eigenvalue weighted by Gasteiger charge is 2.21. The van der Waals surface area contributed by atoms with Crippen LogP contribution in [0.5, 0.6) is 5.75 Å². The van der Waals surface area contributed by atoms with Crippen LogP contribution in [-0.2, 0) is 0 Å². The maximum absolute atomic E-state index is 12.4. The number of hydrazine groups is 1. The largest absolute Gasteiger partial charge is 0.496 e. The fourth-order valence-corrected chi connectivity index (χ4v) is 3.08. The van der Waals surface area contributed by atoms with E-state index in [1.54, 1.807) is 24.3 Å². The molecule has 0 radical (unpaired) electrons. The smallest absolute Gasteiger partial charge is 0.273 e. The minimum atomic E-state index is -0.366. The summed E-state index contributed by atoms with van der Waals surface area (Å²) in [5.74, 6) is 1.05. The zero-order valence-corrected chi connectivity index (χ0v) is 15.8. The maximum atomic E-state index is 12.4. The zero-order chi connectivity index (χ0) is 19.9. The fraction of sp³-hybridized carbons (Fsp3) is 0.389. The number of ether oxygens (including phenoxy) is 1. The van der Waals surface area contributed by atoms with Crippen LogP contribution in [0.15, 0.2) is 30.6 Å². The van der Waals surface area contributed by atoms with Crippen LogP contribution in [0.3, 0.4) is 0 Å². The van der Waals surface area contributed by atoms with Crippen molar-refractivity contribution in [3.8, 4) is 5.75 Å². The molecular formula is C18H25N7O3. The van der Waals surface area contributed by atoms with Crippen LogP contribution in [0.25, 0.3) is 0 Å². The molecule has 5 N–H and O–H groups in total. The van der Waals surface area contributed by atoms with Gasteiger partial charge in [-0.1, -0.05) is 12.1 Å². The van der Waals surface area contributed by atoms with Crippen LogP contribution >= 0.6 is 0 Å². The lowest BCUT2D eigenvalue weighted by atomic mass is 10.2. The molecule has 1 fully saturated rings. The molecule has 0 spiro atoms. The number of anilines is 3. The van der Waals surface area contributed by atoms with E-state index >= 15 is 0 Å². The van der Waals surface area contributed by atoms with Crippen molar-refractivity contribution in [2.45, 2.75) is 0 Å². The van der Waals surface area contributed by atoms with Gasteiger partial charge in [0.25, 0.3) is 5.91 Å². The Labute approximate surface area is 163 Å². The molecule has 1 aliphatic rings. The van der Waals surface area contributed by atoms with E-state index in [2.05, 4.69) is 30.6 Å². The van der Waals surface area contributed by atoms with E-state index in [-0.39, 0.29) is 12.5 Å². The molecule has 150 valence electrons. The molecule has 3 rings (SSSR count). The number of para-hydroxylation sites is 1. The second-order valence-corrected chi connectivity index (χ2v) is 6.29. The third kappa shape index (κ3) is 4.41. The average Bonchev–Trinajstić information content (AvgIpc) is 2.73. The van der Waals surface area contributed by atoms with Gasteiger partial charge >= 0.3 is 0 Å². The lowest BCUT2D eigenvalue weighted by molar-refractivity contribution is 0.0959. The van der Waals surface area contributed by atoms with Crippen molar-refractivity contribution < 1.29 is 14.6 Å². The lowest BCUT2D eigenvalue weighted by Gasteiger charge is -2.35. The van der Waals surface area contributed by atoms with Gasteiger partial charge in [-0.05, 0) is 12.1 Å². The summed E-state index contributed by atoms with van der Waals surface area (Å²) in [6.07, 6.45) is 1.41. The third-order valence-corrected chi connectivity index (χ3v) is 4.60. The Balaban J connectivity index is 1.66. The molecule has 0 aliphatic carbocycles. The van der Waals surface area contributed by atoms with E-state index in [9.17, 15) is 4.79 Å². The summed E-state index contributed by atoms with van der Waals surface area (Å²) < 4.78 is 5.20. The van der Waals surface area contributed by atoms with Gasteiger partial charge < -0.3 is 20.5 Å². The first-order valence-corrected chi connectivity index (χ1v) is 9.02. The molecule has 2 heterocycles. The average molecular weight is 387 g/mol. The Morgan fingerprint density at radius 2 is 2.00 bits per heavy atom. The molecule has 1 aromatic heterocycles. The summed E-state index contributed by atoms with van der Waals surface area (Å²) in [7, 11) is 1.51. The Kier molecular flexibility index (Phi) is 6.45. The number of aliphatic hydroxyl groups excluding tert-OH is 1. The van der Waals surface area contributed by atoms with E-state index in [1.807, 2.05) is 0 Å². The summed E-state index contributed by atoms with van der Waals surface area (Å²) >= 11 is 0. The van der Waals surface area contributed by atoms with Gasteiger partial charge in [0.15, 0.2) is 11.6 Å². The first-order valence-electron chi connectivity index (χ1n) is 9.02. The fourth-order valence-electron chi connectivity index (χ4n) is 3.08. The van der Waals surface area contributed by atoms with Crippen LogP contribution in [-0.4, -0.2) is 72.3 Å². The number of carbonyl (C=O) groups is 1. The SMILES string of the molecule is COc1ccccc1C(=O)NNc1ncnc(N2CCN(CCO)CC2)c1N. The first kappa shape index (κ1) is 19.6. The predicted octanol–water partition coefficient (Wildman–Crippen LogP) is -0.0614. The number of aliphatic hydroxyl groups is 1. The van der Waals surface area contributed by atoms with Gasteiger partial charge in [0, 0.05) is 32.7 Å². The lowest BCUT2D eigenvalue weighted by Crippen LogP contribution is -2.47. The number of nitrogen functional groups attached to an aromatic ring is 1. The Morgan fingerprint density at radius 1 is 1.25 bits per heavy atom. The van der Waals surface area contributed by atoms with Crippen LogP contribution in [0.4, 0.5) is 17.3 Å². The summed E-state index contributed by atoms with van der Waals surface area (Å²) in [6, 6.07) is 6.92. The number of methoxy groups -OCH3 is 1. The number of benzene rings is 1. The number of nitrogens with one attached hydrogen (secondary N) is 2. The number of nitrogens with two attached hydrogens (primary N) is 1. The number of nitrogens with zero attached hydrogens (tertiary/aromatic N) is 4. The second-order valence-electron chi connectivity index (χ2n) is 6.29. The van der Waals surface area contributed by atoms with Crippen molar-refractivity contribution in [3.63, 3.8) is 0 Å². The van der Waals surface area contributed by atoms with Crippen LogP contribution in [0.2, 0.25) is 0 Å². The molecule has 0 bridgehead atoms. The number of aromatic nitrogens is 2. The minimum absolute atomic E-state index is 0.148. The first-order chi connectivity index (χ1) is 13.6. The molecule has 1 aromatic carbocycles. The van der Waals surface area contributed by atoms with Gasteiger partial charge in [-0.2, -0.15) is 0 Å². The topological polar surface area (TPSA) is 129 Å². The molecule has 0 unspecified atom stereocenters. The number of amides is 1. The monoisotopic (exact) mass is 387 g/mol. The van der Waals surface area contributed by atoms with Gasteiger partial charge in [-0.3, -0.25) is 20.5 Å². The van der Waals surface area contributed by atoms with Crippen molar-refractivity contribution in [3.05, 3.63) is 36.2 Å². The van der Waals surface area contributed by atoms with Gasteiger partial charge in [0.05, 0.1) is 19.3 Å². The van der Waals surface area contributed by atoms with Gasteiger partial charge in [-0.15, -0.1) is 0 Å². The molecule has 1 amide bonds. The predicted molar refractivity (Wildman–Crippen MR) is 106 cm³/mol. The maximum Gasteiger partial charge on any atom is 0.273 e. The number of rotatable bonds is 7. The molecule has 0 saturated carbocycles. The van der Waals surface area contributed by atoms with E-state index < -0.39 is 0 Å². The molecule has 10 heteroatoms. The zero-order valence-electron chi connectivity index (χ0n) is 15.8. The summed E-state index contributed by atoms with van der Waals surface area (Å²) in [5.41, 5.74) is 12.3. The quantitative estimate of drug-likeness (QED) is 0.483. The van der Waals surface area contributed by atoms with E-state index in [4.69, 9.17) is 15.6 Å². The Morgan fingerprint density at radius 3 is 2.71 bits per heavy atom. The van der Waals surface area contributed by atoms with Crippen LogP contribution in [0.1, 0.15) is 10.4 Å². The van der Waals surface area contributed by atoms with Crippen molar-refractivity contribution in [1.82, 2.24) is 20.3 Å². The van der Waals surface area contributed by atoms with Gasteiger partial charge in [-0.25, -0.2) is 9.97 Å². The molecule has 10 nitrogen and oxygen atoms in total. The third-order valence-electron chi connectivity index (χ3n) is 4.60. The number of β-amino-alcohol motifs (C(OH)–C–C–N with tert-alkyl or cyclic N) is 1. The Bertz CT molecular complexity index is 810. The van der Waals surface area contributed by atoms with E-state index in [1.165, 1.54) is 13.4 Å². The molecule has 2 aromatic rings. The van der Waals surface area contributed by atoms with Crippen molar-refractivity contribution in [2.75, 3.05) is 62.5 Å². The van der Waals surface area contributed by atoms with E-state index in [0.29, 0.717) is 35.2 Å². The van der Waals surface area contributed by atoms with Crippen LogP contribution in [0, 0.1) is 0 Å². The second kappa shape index (κ2) is 9.20. The highest BCUT2D eigenvalue weighted by atomic mass is 16.5. The Hall–Kier alpha value is -3.11. The number of hydrogen-bond donors (Lipinski definition) is 4. The standard InChI is InChI=1S/C18H25N7O3/c1-28-14-5-3-2-4-13(14)18(27)23-22-16-15(19)17(21-12-20-16)25-8-6-24(7-9-25)10-11-26/h2-5,12,26H,6-11,19H2,1H3,(H,23,27)(H,20,21,22). The highest BCUT2D eigenvalue weighted by Crippen LogP contribution is 2.26. The van der Waals surface area contributed by atoms with Crippen molar-refractivity contribution in [2.24, 2.45) is 0 Å². The highest BCUT2D eigenvalue weighted by molar-refractivity contribution is 5.97. The number of piperazine rings is 1. The summed E-state index contributed by atoms with van der Waals surface area (Å²) in [6.45, 7) is 3.93. The molecule has 28 heavy (non-hydrogen) atoms. The number of carbonyl (C=O) groups excluding carboxylic acids is 1. The van der Waals surface area contributed by atoms with Crippen molar-refractivity contribution in [1.29, 1.82) is 0 Å². The van der Waals surface area contributed by atoms with Gasteiger partial charge in [0.2, 0.25) is 0 Å². The molecule has 1 aliphatic heterocycles. The molecule has 1 saturated heterocycles. The number of hydrogen-bond acceptors (Lipinski definition) is 9. The van der Waals surface area contributed by atoms with Crippen molar-refractivity contribution >= 4 is 23.2 Å². The normalized spacial score (nSPS) is 14.6. The summed E-state index contributed by atoms with van der Waals surface area (Å²) in [5, 5.41) is 9.05. The van der Waals surface area contributed by atoms with Gasteiger partial charge in [0.1, 0.15) is 17.8 Å². The van der Waals surface area contributed by atoms with Crippen LogP contribution < -0.4 is 26.2 Å². The molecular weight excluding hydrogens is 362 g/mol.